The number of amides is 1. The lowest BCUT2D eigenvalue weighted by Gasteiger charge is -2.29. The number of nitrogens with zero attached hydrogens (tertiary/aromatic N) is 3. The summed E-state index contributed by atoms with van der Waals surface area (Å²) in [6.45, 7) is 0. The van der Waals surface area contributed by atoms with Gasteiger partial charge in [0, 0.05) is 17.5 Å². The van der Waals surface area contributed by atoms with Gasteiger partial charge in [0.15, 0.2) is 0 Å². The molecule has 2 aromatic heterocycles. The lowest BCUT2D eigenvalue weighted by Crippen LogP contribution is -2.42. The minimum absolute atomic E-state index is 0.0963. The van der Waals surface area contributed by atoms with Gasteiger partial charge in [0.25, 0.3) is 5.91 Å². The molecule has 0 bridgehead atoms. The first kappa shape index (κ1) is 25.9. The van der Waals surface area contributed by atoms with E-state index in [1.165, 1.54) is 11.3 Å². The van der Waals surface area contributed by atoms with Crippen LogP contribution in [0.4, 0.5) is 24.7 Å². The van der Waals surface area contributed by atoms with Crippen molar-refractivity contribution in [3.63, 3.8) is 0 Å². The van der Waals surface area contributed by atoms with Crippen LogP contribution in [0, 0.1) is 11.3 Å². The van der Waals surface area contributed by atoms with Crippen molar-refractivity contribution in [2.75, 3.05) is 10.6 Å². The summed E-state index contributed by atoms with van der Waals surface area (Å²) in [6.07, 6.45) is 0.905. The van der Waals surface area contributed by atoms with Crippen LogP contribution in [0.3, 0.4) is 0 Å². The van der Waals surface area contributed by atoms with Gasteiger partial charge in [-0.2, -0.15) is 18.4 Å². The number of carboxylic acids is 1. The molecule has 1 aliphatic carbocycles. The fraction of sp³-hybridized carbons (Fsp3) is 0.318. The van der Waals surface area contributed by atoms with Crippen LogP contribution in [-0.4, -0.2) is 45.2 Å². The number of carboxylic acid groups (broad SMARTS) is 1. The lowest BCUT2D eigenvalue weighted by molar-refractivity contribution is -0.192. The number of nitriles is 1. The van der Waals surface area contributed by atoms with Crippen molar-refractivity contribution in [2.24, 2.45) is 5.73 Å². The molecule has 1 aliphatic rings. The van der Waals surface area contributed by atoms with Crippen LogP contribution in [0.1, 0.15) is 41.6 Å². The van der Waals surface area contributed by atoms with Gasteiger partial charge in [-0.15, -0.1) is 11.3 Å². The van der Waals surface area contributed by atoms with Crippen LogP contribution in [-0.2, 0) is 4.79 Å². The summed E-state index contributed by atoms with van der Waals surface area (Å²) in [7, 11) is 0. The van der Waals surface area contributed by atoms with E-state index in [9.17, 15) is 23.2 Å². The SMILES string of the molecule is N#Cc1ccccc1NC(=O)c1csc2ncc(N[C@@H]3CCCC[C@@H]3N)nc12.O=C(O)C(F)(F)F. The van der Waals surface area contributed by atoms with Gasteiger partial charge in [-0.05, 0) is 25.0 Å². The van der Waals surface area contributed by atoms with Gasteiger partial charge < -0.3 is 21.5 Å². The number of benzene rings is 1. The van der Waals surface area contributed by atoms with E-state index in [2.05, 4.69) is 26.7 Å². The average Bonchev–Trinajstić information content (AvgIpc) is 3.24. The van der Waals surface area contributed by atoms with Crippen LogP contribution in [0.25, 0.3) is 10.3 Å². The molecule has 4 rings (SSSR count). The third kappa shape index (κ3) is 6.65. The summed E-state index contributed by atoms with van der Waals surface area (Å²) in [4.78, 5) is 31.4. The van der Waals surface area contributed by atoms with E-state index in [0.717, 1.165) is 25.7 Å². The van der Waals surface area contributed by atoms with E-state index >= 15 is 0 Å². The minimum Gasteiger partial charge on any atom is -0.475 e. The van der Waals surface area contributed by atoms with Gasteiger partial charge >= 0.3 is 12.1 Å². The molecule has 1 aromatic carbocycles. The molecule has 0 unspecified atom stereocenters. The highest BCUT2D eigenvalue weighted by Gasteiger charge is 2.38. The molecule has 1 fully saturated rings. The van der Waals surface area contributed by atoms with Crippen LogP contribution in [0.2, 0.25) is 0 Å². The first-order chi connectivity index (χ1) is 16.6. The van der Waals surface area contributed by atoms with Gasteiger partial charge in [0.05, 0.1) is 23.0 Å². The van der Waals surface area contributed by atoms with Gasteiger partial charge in [-0.3, -0.25) is 4.79 Å². The maximum Gasteiger partial charge on any atom is 0.490 e. The Labute approximate surface area is 201 Å². The Morgan fingerprint density at radius 3 is 2.57 bits per heavy atom. The molecule has 0 spiro atoms. The summed E-state index contributed by atoms with van der Waals surface area (Å²) in [5.74, 6) is -2.44. The second kappa shape index (κ2) is 11.1. The maximum absolute atomic E-state index is 12.8. The number of halogens is 3. The van der Waals surface area contributed by atoms with Crippen LogP contribution in [0.15, 0.2) is 35.8 Å². The van der Waals surface area contributed by atoms with Crippen LogP contribution < -0.4 is 16.4 Å². The van der Waals surface area contributed by atoms with Crippen LogP contribution >= 0.6 is 11.3 Å². The van der Waals surface area contributed by atoms with Crippen molar-refractivity contribution in [1.29, 1.82) is 5.26 Å². The smallest absolute Gasteiger partial charge is 0.475 e. The van der Waals surface area contributed by atoms with Gasteiger partial charge in [-0.1, -0.05) is 25.0 Å². The molecule has 0 aliphatic heterocycles. The number of nitrogens with two attached hydrogens (primary N) is 1. The number of fused-ring (bicyclic) bond motifs is 1. The molecule has 0 radical (unpaired) electrons. The zero-order valence-electron chi connectivity index (χ0n) is 18.2. The van der Waals surface area contributed by atoms with Gasteiger partial charge in [-0.25, -0.2) is 14.8 Å². The Kier molecular flexibility index (Phi) is 8.21. The summed E-state index contributed by atoms with van der Waals surface area (Å²) >= 11 is 1.37. The van der Waals surface area contributed by atoms with E-state index in [4.69, 9.17) is 15.6 Å². The van der Waals surface area contributed by atoms with Crippen molar-refractivity contribution < 1.29 is 27.9 Å². The van der Waals surface area contributed by atoms with Crippen molar-refractivity contribution in [2.45, 2.75) is 43.9 Å². The van der Waals surface area contributed by atoms with E-state index in [1.54, 1.807) is 35.8 Å². The highest BCUT2D eigenvalue weighted by atomic mass is 32.1. The van der Waals surface area contributed by atoms with E-state index in [0.29, 0.717) is 33.0 Å². The Morgan fingerprint density at radius 1 is 1.23 bits per heavy atom. The predicted molar refractivity (Wildman–Crippen MR) is 124 cm³/mol. The predicted octanol–water partition coefficient (Wildman–Crippen LogP) is 4.13. The summed E-state index contributed by atoms with van der Waals surface area (Å²) in [6, 6.07) is 9.24. The Hall–Kier alpha value is -3.76. The van der Waals surface area contributed by atoms with E-state index in [1.807, 2.05) is 0 Å². The summed E-state index contributed by atoms with van der Waals surface area (Å²) < 4.78 is 31.7. The number of carbonyl (C=O) groups is 2. The Bertz CT molecular complexity index is 1260. The molecule has 0 saturated heterocycles. The number of thiophene rings is 1. The molecular formula is C22H21F3N6O3S. The topological polar surface area (TPSA) is 154 Å². The fourth-order valence-corrected chi connectivity index (χ4v) is 4.28. The number of aliphatic carboxylic acids is 1. The number of para-hydroxylation sites is 1. The molecular weight excluding hydrogens is 485 g/mol. The average molecular weight is 507 g/mol. The molecule has 2 atom stereocenters. The second-order valence-electron chi connectivity index (χ2n) is 7.67. The quantitative estimate of drug-likeness (QED) is 0.412. The van der Waals surface area contributed by atoms with E-state index < -0.39 is 12.1 Å². The molecule has 3 aromatic rings. The molecule has 2 heterocycles. The molecule has 9 nitrogen and oxygen atoms in total. The Morgan fingerprint density at radius 2 is 1.91 bits per heavy atom. The molecule has 35 heavy (non-hydrogen) atoms. The number of anilines is 2. The van der Waals surface area contributed by atoms with Crippen molar-refractivity contribution in [1.82, 2.24) is 9.97 Å². The third-order valence-corrected chi connectivity index (χ3v) is 6.09. The number of nitrogens with one attached hydrogen (secondary N) is 2. The number of aromatic nitrogens is 2. The van der Waals surface area contributed by atoms with Gasteiger partial charge in [0.1, 0.15) is 22.2 Å². The first-order valence-electron chi connectivity index (χ1n) is 10.5. The number of rotatable bonds is 4. The Balaban J connectivity index is 0.000000429. The zero-order valence-corrected chi connectivity index (χ0v) is 19.0. The molecule has 13 heteroatoms. The normalized spacial score (nSPS) is 17.6. The highest BCUT2D eigenvalue weighted by Crippen LogP contribution is 2.27. The third-order valence-electron chi connectivity index (χ3n) is 5.22. The van der Waals surface area contributed by atoms with E-state index in [-0.39, 0.29) is 18.0 Å². The van der Waals surface area contributed by atoms with Crippen molar-refractivity contribution >= 4 is 45.1 Å². The lowest BCUT2D eigenvalue weighted by atomic mass is 9.91. The number of hydrogen-bond donors (Lipinski definition) is 4. The minimum atomic E-state index is -5.08. The standard InChI is InChI=1S/C20H20N6OS.C2HF3O2/c21-9-12-5-1-3-7-15(12)25-19(27)13-11-28-20-18(13)26-17(10-23-20)24-16-8-4-2-6-14(16)22;3-2(4,5)1(6)7/h1,3,5,7,10-11,14,16H,2,4,6,8,22H2,(H,24,26)(H,25,27);(H,6,7)/t14-,16+;/m0./s1. The molecule has 1 saturated carbocycles. The number of carbonyl (C=O) groups excluding carboxylic acids is 1. The number of alkyl halides is 3. The first-order valence-corrected chi connectivity index (χ1v) is 11.3. The maximum atomic E-state index is 12.8. The largest absolute Gasteiger partial charge is 0.490 e. The second-order valence-corrected chi connectivity index (χ2v) is 8.53. The van der Waals surface area contributed by atoms with Crippen molar-refractivity contribution in [3.8, 4) is 6.07 Å². The molecule has 1 amide bonds. The number of hydrogen-bond acceptors (Lipinski definition) is 8. The van der Waals surface area contributed by atoms with Crippen LogP contribution in [0.5, 0.6) is 0 Å². The monoisotopic (exact) mass is 506 g/mol. The summed E-state index contributed by atoms with van der Waals surface area (Å²) in [5.41, 5.74) is 8.09. The summed E-state index contributed by atoms with van der Waals surface area (Å²) in [5, 5.41) is 24.3. The molecule has 5 N–H and O–H groups in total. The van der Waals surface area contributed by atoms with Crippen molar-refractivity contribution in [3.05, 3.63) is 47.0 Å². The van der Waals surface area contributed by atoms with Gasteiger partial charge in [0.2, 0.25) is 0 Å². The zero-order chi connectivity index (χ0) is 25.6. The fourth-order valence-electron chi connectivity index (χ4n) is 3.45. The molecule has 184 valence electrons. The highest BCUT2D eigenvalue weighted by molar-refractivity contribution is 7.17.